The predicted octanol–water partition coefficient (Wildman–Crippen LogP) is -0.847. The van der Waals surface area contributed by atoms with Gasteiger partial charge in [0.2, 0.25) is 5.75 Å². The number of aryl methyl sites for hydroxylation is 1. The minimum atomic E-state index is 0. The van der Waals surface area contributed by atoms with Crippen molar-refractivity contribution < 1.29 is 42.8 Å². The Morgan fingerprint density at radius 1 is 0.955 bits per heavy atom. The lowest BCUT2D eigenvalue weighted by Crippen LogP contribution is -3.00. The Morgan fingerprint density at radius 2 is 1.50 bits per heavy atom. The topological polar surface area (TPSA) is 43.6 Å². The normalized spacial score (nSPS) is 9.64. The van der Waals surface area contributed by atoms with Crippen LogP contribution in [0.3, 0.4) is 0 Å². The van der Waals surface area contributed by atoms with Crippen molar-refractivity contribution in [3.8, 4) is 17.2 Å². The van der Waals surface area contributed by atoms with Crippen LogP contribution in [-0.2, 0) is 13.6 Å². The second kappa shape index (κ2) is 8.67. The maximum Gasteiger partial charge on any atom is 0.203 e. The van der Waals surface area contributed by atoms with Crippen LogP contribution >= 0.6 is 0 Å². The fraction of sp³-hybridized carbons (Fsp3) is 0.312. The summed E-state index contributed by atoms with van der Waals surface area (Å²) in [4.78, 5) is 0. The van der Waals surface area contributed by atoms with Gasteiger partial charge in [-0.05, 0) is 5.56 Å². The van der Waals surface area contributed by atoms with Crippen LogP contribution in [0.1, 0.15) is 5.56 Å². The van der Waals surface area contributed by atoms with Crippen molar-refractivity contribution in [2.75, 3.05) is 26.6 Å². The van der Waals surface area contributed by atoms with E-state index >= 15 is 0 Å². The number of aromatic nitrogens is 1. The van der Waals surface area contributed by atoms with Crippen molar-refractivity contribution in [2.24, 2.45) is 7.05 Å². The molecule has 1 heterocycles. The highest BCUT2D eigenvalue weighted by Crippen LogP contribution is 2.39. The van der Waals surface area contributed by atoms with Crippen LogP contribution in [0.2, 0.25) is 0 Å². The van der Waals surface area contributed by atoms with Gasteiger partial charge in [-0.2, -0.15) is 0 Å². The molecule has 6 heteroatoms. The maximum absolute atomic E-state index is 5.34. The van der Waals surface area contributed by atoms with Crippen LogP contribution in [0.25, 0.3) is 0 Å². The number of anilines is 1. The molecule has 1 aromatic carbocycles. The molecule has 0 aliphatic carbocycles. The zero-order valence-corrected chi connectivity index (χ0v) is 15.4. The van der Waals surface area contributed by atoms with Gasteiger partial charge in [0.1, 0.15) is 7.05 Å². The average Bonchev–Trinajstić information content (AvgIpc) is 2.53. The van der Waals surface area contributed by atoms with Crippen molar-refractivity contribution in [1.82, 2.24) is 0 Å². The lowest BCUT2D eigenvalue weighted by molar-refractivity contribution is -0.671. The summed E-state index contributed by atoms with van der Waals surface area (Å²) in [5.74, 6) is 1.87. The van der Waals surface area contributed by atoms with E-state index in [9.17, 15) is 0 Å². The highest BCUT2D eigenvalue weighted by atomic mass is 127. The molecule has 22 heavy (non-hydrogen) atoms. The molecule has 0 saturated heterocycles. The molecule has 0 amide bonds. The van der Waals surface area contributed by atoms with Crippen molar-refractivity contribution in [3.05, 3.63) is 42.2 Å². The van der Waals surface area contributed by atoms with Crippen molar-refractivity contribution in [1.29, 1.82) is 0 Å². The lowest BCUT2D eigenvalue weighted by atomic mass is 10.2. The quantitative estimate of drug-likeness (QED) is 0.493. The smallest absolute Gasteiger partial charge is 0.203 e. The van der Waals surface area contributed by atoms with Crippen molar-refractivity contribution in [3.63, 3.8) is 0 Å². The van der Waals surface area contributed by atoms with Crippen LogP contribution in [0.4, 0.5) is 5.69 Å². The maximum atomic E-state index is 5.34. The third-order valence-electron chi connectivity index (χ3n) is 3.21. The fourth-order valence-electron chi connectivity index (χ4n) is 2.04. The van der Waals surface area contributed by atoms with Gasteiger partial charge in [0.05, 0.1) is 21.3 Å². The third kappa shape index (κ3) is 4.40. The molecule has 0 bridgehead atoms. The highest BCUT2D eigenvalue weighted by molar-refractivity contribution is 5.62. The molecule has 0 fully saturated rings. The molecule has 2 aromatic rings. The van der Waals surface area contributed by atoms with Gasteiger partial charge >= 0.3 is 0 Å². The summed E-state index contributed by atoms with van der Waals surface area (Å²) < 4.78 is 18.0. The zero-order valence-electron chi connectivity index (χ0n) is 13.2. The summed E-state index contributed by atoms with van der Waals surface area (Å²) in [6.07, 6.45) is 4.04. The fourth-order valence-corrected chi connectivity index (χ4v) is 2.04. The summed E-state index contributed by atoms with van der Waals surface area (Å²) >= 11 is 0. The van der Waals surface area contributed by atoms with E-state index < -0.39 is 0 Å². The number of hydrogen-bond donors (Lipinski definition) is 1. The first-order chi connectivity index (χ1) is 10.2. The van der Waals surface area contributed by atoms with E-state index in [1.807, 2.05) is 36.1 Å². The first kappa shape index (κ1) is 18.3. The molecule has 0 radical (unpaired) electrons. The second-order valence-corrected chi connectivity index (χ2v) is 4.64. The highest BCUT2D eigenvalue weighted by Gasteiger charge is 2.13. The Labute approximate surface area is 148 Å². The van der Waals surface area contributed by atoms with E-state index in [-0.39, 0.29) is 24.0 Å². The first-order valence-corrected chi connectivity index (χ1v) is 6.66. The number of ether oxygens (including phenoxy) is 3. The number of hydrogen-bond acceptors (Lipinski definition) is 4. The van der Waals surface area contributed by atoms with Crippen molar-refractivity contribution >= 4 is 5.69 Å². The van der Waals surface area contributed by atoms with Gasteiger partial charge in [-0.15, -0.1) is 0 Å². The molecule has 0 saturated carbocycles. The molecule has 0 aliphatic heterocycles. The number of nitrogens with one attached hydrogen (secondary N) is 1. The Balaban J connectivity index is 0.00000242. The molecular weight excluding hydrogens is 395 g/mol. The van der Waals surface area contributed by atoms with Gasteiger partial charge in [-0.1, -0.05) is 0 Å². The largest absolute Gasteiger partial charge is 1.00 e. The number of halogens is 1. The van der Waals surface area contributed by atoms with Crippen LogP contribution in [0.5, 0.6) is 17.2 Å². The summed E-state index contributed by atoms with van der Waals surface area (Å²) in [6, 6.07) is 7.94. The number of methoxy groups -OCH3 is 3. The number of rotatable bonds is 6. The third-order valence-corrected chi connectivity index (χ3v) is 3.21. The molecule has 0 spiro atoms. The summed E-state index contributed by atoms with van der Waals surface area (Å²) in [6.45, 7) is 0.722. The molecule has 0 atom stereocenters. The van der Waals surface area contributed by atoms with Gasteiger partial charge in [0.15, 0.2) is 23.9 Å². The predicted molar refractivity (Wildman–Crippen MR) is 81.0 cm³/mol. The Morgan fingerprint density at radius 3 is 1.95 bits per heavy atom. The molecule has 5 nitrogen and oxygen atoms in total. The average molecular weight is 416 g/mol. The lowest BCUT2D eigenvalue weighted by Gasteiger charge is -2.15. The second-order valence-electron chi connectivity index (χ2n) is 4.64. The number of pyridine rings is 1. The molecule has 1 aromatic heterocycles. The Bertz CT molecular complexity index is 578. The van der Waals surface area contributed by atoms with Gasteiger partial charge in [0.25, 0.3) is 0 Å². The minimum absolute atomic E-state index is 0. The van der Waals surface area contributed by atoms with Gasteiger partial charge in [-0.25, -0.2) is 4.57 Å². The van der Waals surface area contributed by atoms with E-state index in [0.717, 1.165) is 12.2 Å². The zero-order chi connectivity index (χ0) is 15.2. The van der Waals surface area contributed by atoms with E-state index in [0.29, 0.717) is 17.2 Å². The summed E-state index contributed by atoms with van der Waals surface area (Å²) in [5.41, 5.74) is 2.11. The monoisotopic (exact) mass is 416 g/mol. The van der Waals surface area contributed by atoms with E-state index in [2.05, 4.69) is 17.4 Å². The van der Waals surface area contributed by atoms with E-state index in [4.69, 9.17) is 14.2 Å². The number of nitrogens with zero attached hydrogens (tertiary/aromatic N) is 1. The summed E-state index contributed by atoms with van der Waals surface area (Å²) in [5, 5.41) is 3.36. The molecule has 0 unspecified atom stereocenters. The van der Waals surface area contributed by atoms with Gasteiger partial charge in [0, 0.05) is 36.5 Å². The molecule has 0 aliphatic rings. The SMILES string of the molecule is COc1cc(NCc2cc[n+](C)cc2)cc(OC)c1OC.[I-]. The van der Waals surface area contributed by atoms with Crippen LogP contribution in [-0.4, -0.2) is 21.3 Å². The summed E-state index contributed by atoms with van der Waals surface area (Å²) in [7, 11) is 6.81. The van der Waals surface area contributed by atoms with Gasteiger partial charge < -0.3 is 43.5 Å². The Kier molecular flexibility index (Phi) is 7.23. The molecular formula is C16H21IN2O3. The molecule has 120 valence electrons. The van der Waals surface area contributed by atoms with Gasteiger partial charge in [-0.3, -0.25) is 0 Å². The van der Waals surface area contributed by atoms with Crippen LogP contribution in [0, 0.1) is 0 Å². The molecule has 1 N–H and O–H groups in total. The van der Waals surface area contributed by atoms with E-state index in [1.165, 1.54) is 5.56 Å². The Hall–Kier alpha value is -1.70. The van der Waals surface area contributed by atoms with E-state index in [1.54, 1.807) is 21.3 Å². The molecule has 2 rings (SSSR count). The first-order valence-electron chi connectivity index (χ1n) is 6.66. The van der Waals surface area contributed by atoms with Crippen LogP contribution in [0.15, 0.2) is 36.7 Å². The van der Waals surface area contributed by atoms with Crippen LogP contribution < -0.4 is 48.1 Å². The number of benzene rings is 1. The van der Waals surface area contributed by atoms with Crippen molar-refractivity contribution in [2.45, 2.75) is 6.54 Å². The standard InChI is InChI=1S/C16H21N2O3.HI/c1-18-7-5-12(6-8-18)11-17-13-9-14(19-2)16(21-4)15(10-13)20-3;/h5-10,17H,11H2,1-4H3;1H/q+1;/p-1. The minimum Gasteiger partial charge on any atom is -1.00 e.